The van der Waals surface area contributed by atoms with Gasteiger partial charge in [0.15, 0.2) is 6.61 Å². The lowest BCUT2D eigenvalue weighted by Gasteiger charge is -2.33. The number of hydrogen-bond acceptors (Lipinski definition) is 3. The molecule has 0 aliphatic carbocycles. The first-order valence-electron chi connectivity index (χ1n) is 8.34. The summed E-state index contributed by atoms with van der Waals surface area (Å²) in [6.07, 6.45) is 1.38. The maximum absolute atomic E-state index is 11.6. The van der Waals surface area contributed by atoms with Gasteiger partial charge in [0.1, 0.15) is 5.75 Å². The zero-order valence-corrected chi connectivity index (χ0v) is 15.7. The third-order valence-corrected chi connectivity index (χ3v) is 3.64. The van der Waals surface area contributed by atoms with Crippen LogP contribution < -0.4 is 15.6 Å². The molecule has 0 aliphatic heterocycles. The summed E-state index contributed by atoms with van der Waals surface area (Å²) < 4.78 is 5.44. The van der Waals surface area contributed by atoms with E-state index in [1.807, 2.05) is 24.3 Å². The molecule has 1 rings (SSSR count). The van der Waals surface area contributed by atoms with Crippen LogP contribution in [0.1, 0.15) is 59.9 Å². The van der Waals surface area contributed by atoms with E-state index in [4.69, 9.17) is 4.74 Å². The first-order valence-corrected chi connectivity index (χ1v) is 8.34. The lowest BCUT2D eigenvalue weighted by atomic mass is 9.72. The summed E-state index contributed by atoms with van der Waals surface area (Å²) in [5, 5.41) is 0. The average Bonchev–Trinajstić information content (AvgIpc) is 2.48. The molecule has 0 aliphatic rings. The minimum absolute atomic E-state index is 0.0680. The Morgan fingerprint density at radius 2 is 1.50 bits per heavy atom. The molecule has 2 N–H and O–H groups in total. The standard InChI is InChI=1S/C19H30N2O3/c1-7-16(22)20-21-17(23)12-24-15-10-8-14(9-11-15)19(5,6)13-18(2,3)4/h8-11H,7,12-13H2,1-6H3,(H,20,22)(H,21,23). The summed E-state index contributed by atoms with van der Waals surface area (Å²) in [6.45, 7) is 12.7. The van der Waals surface area contributed by atoms with Gasteiger partial charge in [-0.2, -0.15) is 0 Å². The van der Waals surface area contributed by atoms with Crippen LogP contribution in [0.2, 0.25) is 0 Å². The predicted octanol–water partition coefficient (Wildman–Crippen LogP) is 3.34. The first-order chi connectivity index (χ1) is 11.0. The molecule has 2 amide bonds. The van der Waals surface area contributed by atoms with Crippen LogP contribution in [-0.2, 0) is 15.0 Å². The zero-order valence-electron chi connectivity index (χ0n) is 15.7. The fourth-order valence-corrected chi connectivity index (χ4v) is 2.84. The molecule has 0 heterocycles. The van der Waals surface area contributed by atoms with E-state index in [-0.39, 0.29) is 23.3 Å². The van der Waals surface area contributed by atoms with Crippen LogP contribution in [0.15, 0.2) is 24.3 Å². The normalized spacial score (nSPS) is 11.8. The number of hydrogen-bond donors (Lipinski definition) is 2. The van der Waals surface area contributed by atoms with Crippen molar-refractivity contribution in [1.29, 1.82) is 0 Å². The second-order valence-corrected chi connectivity index (χ2v) is 7.88. The molecule has 0 atom stereocenters. The molecule has 24 heavy (non-hydrogen) atoms. The van der Waals surface area contributed by atoms with Crippen molar-refractivity contribution in [3.8, 4) is 5.75 Å². The van der Waals surface area contributed by atoms with Crippen molar-refractivity contribution in [2.24, 2.45) is 5.41 Å². The Balaban J connectivity index is 2.56. The molecular weight excluding hydrogens is 304 g/mol. The summed E-state index contributed by atoms with van der Waals surface area (Å²) in [4.78, 5) is 22.6. The molecule has 134 valence electrons. The quantitative estimate of drug-likeness (QED) is 0.784. The van der Waals surface area contributed by atoms with Crippen molar-refractivity contribution in [2.45, 2.75) is 59.8 Å². The third-order valence-electron chi connectivity index (χ3n) is 3.64. The van der Waals surface area contributed by atoms with Gasteiger partial charge in [-0.15, -0.1) is 0 Å². The Morgan fingerprint density at radius 3 is 2.00 bits per heavy atom. The average molecular weight is 334 g/mol. The minimum atomic E-state index is -0.395. The van der Waals surface area contributed by atoms with Gasteiger partial charge in [0.2, 0.25) is 5.91 Å². The predicted molar refractivity (Wildman–Crippen MR) is 95.6 cm³/mol. The van der Waals surface area contributed by atoms with Gasteiger partial charge in [-0.25, -0.2) is 0 Å². The van der Waals surface area contributed by atoms with Crippen molar-refractivity contribution in [3.63, 3.8) is 0 Å². The molecule has 5 nitrogen and oxygen atoms in total. The van der Waals surface area contributed by atoms with Crippen LogP contribution in [0.25, 0.3) is 0 Å². The molecule has 0 unspecified atom stereocenters. The third kappa shape index (κ3) is 7.02. The lowest BCUT2D eigenvalue weighted by molar-refractivity contribution is -0.129. The van der Waals surface area contributed by atoms with Crippen LogP contribution in [0.5, 0.6) is 5.75 Å². The first kappa shape index (κ1) is 20.0. The Kier molecular flexibility index (Phi) is 6.81. The number of hydrazine groups is 1. The number of nitrogens with one attached hydrogen (secondary N) is 2. The molecule has 0 saturated heterocycles. The SMILES string of the molecule is CCC(=O)NNC(=O)COc1ccc(C(C)(C)CC(C)(C)C)cc1. The van der Waals surface area contributed by atoms with Crippen LogP contribution in [0.4, 0.5) is 0 Å². The van der Waals surface area contributed by atoms with Crippen LogP contribution in [0.3, 0.4) is 0 Å². The van der Waals surface area contributed by atoms with Crippen molar-refractivity contribution in [2.75, 3.05) is 6.61 Å². The molecule has 0 fully saturated rings. The summed E-state index contributed by atoms with van der Waals surface area (Å²) in [5.74, 6) is -0.00926. The van der Waals surface area contributed by atoms with Crippen LogP contribution in [-0.4, -0.2) is 18.4 Å². The Bertz CT molecular complexity index is 557. The lowest BCUT2D eigenvalue weighted by Crippen LogP contribution is -2.43. The van der Waals surface area contributed by atoms with E-state index in [0.29, 0.717) is 12.2 Å². The van der Waals surface area contributed by atoms with E-state index >= 15 is 0 Å². The number of rotatable bonds is 6. The highest BCUT2D eigenvalue weighted by atomic mass is 16.5. The van der Waals surface area contributed by atoms with Gasteiger partial charge in [-0.3, -0.25) is 20.4 Å². The largest absolute Gasteiger partial charge is 0.484 e. The molecular formula is C19H30N2O3. The van der Waals surface area contributed by atoms with Gasteiger partial charge >= 0.3 is 0 Å². The van der Waals surface area contributed by atoms with E-state index in [2.05, 4.69) is 45.5 Å². The van der Waals surface area contributed by atoms with Crippen LogP contribution >= 0.6 is 0 Å². The van der Waals surface area contributed by atoms with Gasteiger partial charge in [-0.1, -0.05) is 53.7 Å². The van der Waals surface area contributed by atoms with E-state index < -0.39 is 5.91 Å². The molecule has 1 aromatic rings. The second-order valence-electron chi connectivity index (χ2n) is 7.88. The van der Waals surface area contributed by atoms with Crippen molar-refractivity contribution in [1.82, 2.24) is 10.9 Å². The van der Waals surface area contributed by atoms with Gasteiger partial charge < -0.3 is 4.74 Å². The van der Waals surface area contributed by atoms with Gasteiger partial charge in [0.25, 0.3) is 5.91 Å². The maximum atomic E-state index is 11.6. The molecule has 0 bridgehead atoms. The highest BCUT2D eigenvalue weighted by Crippen LogP contribution is 2.36. The number of amides is 2. The van der Waals surface area contributed by atoms with Gasteiger partial charge in [0.05, 0.1) is 0 Å². The van der Waals surface area contributed by atoms with E-state index in [0.717, 1.165) is 6.42 Å². The van der Waals surface area contributed by atoms with E-state index in [1.54, 1.807) is 6.92 Å². The van der Waals surface area contributed by atoms with Crippen molar-refractivity contribution < 1.29 is 14.3 Å². The number of ether oxygens (including phenoxy) is 1. The second kappa shape index (κ2) is 8.18. The maximum Gasteiger partial charge on any atom is 0.276 e. The molecule has 1 aromatic carbocycles. The summed E-state index contributed by atoms with van der Waals surface area (Å²) in [6, 6.07) is 7.82. The van der Waals surface area contributed by atoms with Gasteiger partial charge in [-0.05, 0) is 34.9 Å². The highest BCUT2D eigenvalue weighted by molar-refractivity contribution is 5.82. The number of carbonyl (C=O) groups excluding carboxylic acids is 2. The Hall–Kier alpha value is -2.04. The molecule has 0 saturated carbocycles. The molecule has 0 aromatic heterocycles. The summed E-state index contributed by atoms with van der Waals surface area (Å²) in [5.41, 5.74) is 6.16. The Morgan fingerprint density at radius 1 is 0.958 bits per heavy atom. The molecule has 0 spiro atoms. The smallest absolute Gasteiger partial charge is 0.276 e. The fourth-order valence-electron chi connectivity index (χ4n) is 2.84. The minimum Gasteiger partial charge on any atom is -0.484 e. The Labute approximate surface area is 145 Å². The van der Waals surface area contributed by atoms with Crippen molar-refractivity contribution in [3.05, 3.63) is 29.8 Å². The summed E-state index contributed by atoms with van der Waals surface area (Å²) >= 11 is 0. The number of carbonyl (C=O) groups is 2. The van der Waals surface area contributed by atoms with Crippen LogP contribution in [0, 0.1) is 5.41 Å². The highest BCUT2D eigenvalue weighted by Gasteiger charge is 2.27. The summed E-state index contributed by atoms with van der Waals surface area (Å²) in [7, 11) is 0. The molecule has 5 heteroatoms. The monoisotopic (exact) mass is 334 g/mol. The number of benzene rings is 1. The van der Waals surface area contributed by atoms with Gasteiger partial charge in [0, 0.05) is 6.42 Å². The fraction of sp³-hybridized carbons (Fsp3) is 0.579. The van der Waals surface area contributed by atoms with E-state index in [9.17, 15) is 9.59 Å². The zero-order chi connectivity index (χ0) is 18.4. The van der Waals surface area contributed by atoms with Crippen molar-refractivity contribution >= 4 is 11.8 Å². The molecule has 0 radical (unpaired) electrons. The topological polar surface area (TPSA) is 67.4 Å². The van der Waals surface area contributed by atoms with E-state index in [1.165, 1.54) is 5.56 Å².